The smallest absolute Gasteiger partial charge is 0.223 e. The Kier molecular flexibility index (Phi) is 3.00. The summed E-state index contributed by atoms with van der Waals surface area (Å²) in [6.07, 6.45) is 1.82. The normalized spacial score (nSPS) is 11.8. The fourth-order valence-corrected chi connectivity index (χ4v) is 3.82. The summed E-state index contributed by atoms with van der Waals surface area (Å²) in [5.74, 6) is 1.59. The second kappa shape index (κ2) is 5.53. The van der Waals surface area contributed by atoms with Crippen molar-refractivity contribution >= 4 is 33.1 Å². The molecule has 28 heavy (non-hydrogen) atoms. The van der Waals surface area contributed by atoms with Crippen molar-refractivity contribution in [2.45, 2.75) is 0 Å². The summed E-state index contributed by atoms with van der Waals surface area (Å²) in [4.78, 5) is 14.4. The highest BCUT2D eigenvalue weighted by Gasteiger charge is 2.20. The molecule has 134 valence electrons. The lowest BCUT2D eigenvalue weighted by Crippen LogP contribution is -2.09. The van der Waals surface area contributed by atoms with Gasteiger partial charge in [-0.2, -0.15) is 0 Å². The number of hydrogen-bond acceptors (Lipinski definition) is 3. The van der Waals surface area contributed by atoms with Gasteiger partial charge in [0.05, 0.1) is 33.1 Å². The maximum Gasteiger partial charge on any atom is 0.223 e. The molecule has 0 aliphatic heterocycles. The summed E-state index contributed by atoms with van der Waals surface area (Å²) in [6, 6.07) is 24.4. The Hall–Kier alpha value is -3.93. The second-order valence-electron chi connectivity index (χ2n) is 6.80. The molecule has 0 fully saturated rings. The zero-order chi connectivity index (χ0) is 18.7. The van der Waals surface area contributed by atoms with Crippen LogP contribution in [0.25, 0.3) is 45.0 Å². The average Bonchev–Trinajstić information content (AvgIpc) is 3.41. The Morgan fingerprint density at radius 1 is 0.607 bits per heavy atom. The number of fused-ring (bicyclic) bond motifs is 3. The summed E-state index contributed by atoms with van der Waals surface area (Å²) < 4.78 is 6.23. The minimum absolute atomic E-state index is 0.772. The maximum absolute atomic E-state index is 4.93. The van der Waals surface area contributed by atoms with Crippen LogP contribution >= 0.6 is 0 Å². The fraction of sp³-hybridized carbons (Fsp3) is 0.0455. The van der Waals surface area contributed by atoms with Crippen LogP contribution in [0, 0.1) is 0 Å². The van der Waals surface area contributed by atoms with E-state index in [9.17, 15) is 0 Å². The highest BCUT2D eigenvalue weighted by molar-refractivity contribution is 5.83. The molecule has 6 rings (SSSR count). The first-order chi connectivity index (χ1) is 13.8. The van der Waals surface area contributed by atoms with E-state index >= 15 is 0 Å². The minimum atomic E-state index is 0.772. The number of aryl methyl sites for hydroxylation is 1. The topological polar surface area (TPSA) is 53.5 Å². The lowest BCUT2D eigenvalue weighted by molar-refractivity contribution is 0.816. The van der Waals surface area contributed by atoms with Crippen LogP contribution in [-0.4, -0.2) is 28.7 Å². The first-order valence-corrected chi connectivity index (χ1v) is 9.13. The molecule has 0 aliphatic carbocycles. The van der Waals surface area contributed by atoms with Gasteiger partial charge in [-0.25, -0.2) is 19.5 Å². The van der Waals surface area contributed by atoms with Crippen molar-refractivity contribution in [2.24, 2.45) is 7.05 Å². The fourth-order valence-electron chi connectivity index (χ4n) is 3.82. The number of hydrogen-bond donors (Lipinski definition) is 0. The first-order valence-electron chi connectivity index (χ1n) is 9.13. The van der Waals surface area contributed by atoms with Gasteiger partial charge in [0.25, 0.3) is 0 Å². The summed E-state index contributed by atoms with van der Waals surface area (Å²) in [5, 5.41) is 0. The number of rotatable bonds is 2. The molecule has 6 heteroatoms. The Balaban J connectivity index is 1.74. The molecular formula is C22H16N6. The number of para-hydroxylation sites is 6. The van der Waals surface area contributed by atoms with Gasteiger partial charge in [-0.15, -0.1) is 0 Å². The molecular weight excluding hydrogens is 348 g/mol. The van der Waals surface area contributed by atoms with Crippen LogP contribution in [0.2, 0.25) is 0 Å². The highest BCUT2D eigenvalue weighted by atomic mass is 15.3. The Morgan fingerprint density at radius 2 is 1.18 bits per heavy atom. The molecule has 0 atom stereocenters. The van der Waals surface area contributed by atoms with E-state index in [1.54, 1.807) is 0 Å². The third kappa shape index (κ3) is 2.00. The van der Waals surface area contributed by atoms with Crippen LogP contribution in [0.3, 0.4) is 0 Å². The van der Waals surface area contributed by atoms with Gasteiger partial charge in [0.1, 0.15) is 6.33 Å². The molecule has 3 aromatic heterocycles. The van der Waals surface area contributed by atoms with Crippen LogP contribution in [0.1, 0.15) is 0 Å². The number of benzene rings is 3. The van der Waals surface area contributed by atoms with E-state index in [2.05, 4.69) is 32.3 Å². The zero-order valence-electron chi connectivity index (χ0n) is 15.2. The Labute approximate surface area is 160 Å². The number of nitrogens with zero attached hydrogens (tertiary/aromatic N) is 6. The van der Waals surface area contributed by atoms with Crippen molar-refractivity contribution in [3.63, 3.8) is 0 Å². The molecule has 0 aliphatic rings. The first kappa shape index (κ1) is 15.2. The van der Waals surface area contributed by atoms with E-state index in [1.807, 2.05) is 72.5 Å². The quantitative estimate of drug-likeness (QED) is 0.461. The lowest BCUT2D eigenvalue weighted by Gasteiger charge is -2.10. The molecule has 0 bridgehead atoms. The Morgan fingerprint density at radius 3 is 1.93 bits per heavy atom. The Bertz CT molecular complexity index is 1480. The molecule has 0 radical (unpaired) electrons. The highest BCUT2D eigenvalue weighted by Crippen LogP contribution is 2.27. The van der Waals surface area contributed by atoms with E-state index < -0.39 is 0 Å². The molecule has 3 heterocycles. The maximum atomic E-state index is 4.93. The average molecular weight is 364 g/mol. The molecule has 3 aromatic carbocycles. The molecule has 0 spiro atoms. The summed E-state index contributed by atoms with van der Waals surface area (Å²) in [5.41, 5.74) is 5.91. The molecule has 0 saturated heterocycles. The molecule has 6 aromatic rings. The van der Waals surface area contributed by atoms with Crippen molar-refractivity contribution in [3.05, 3.63) is 79.1 Å². The van der Waals surface area contributed by atoms with E-state index in [-0.39, 0.29) is 0 Å². The summed E-state index contributed by atoms with van der Waals surface area (Å²) in [7, 11) is 2.04. The van der Waals surface area contributed by atoms with Gasteiger partial charge in [0.2, 0.25) is 11.9 Å². The van der Waals surface area contributed by atoms with E-state index in [4.69, 9.17) is 9.97 Å². The molecule has 0 amide bonds. The second-order valence-corrected chi connectivity index (χ2v) is 6.80. The summed E-state index contributed by atoms with van der Waals surface area (Å²) >= 11 is 0. The molecule has 0 N–H and O–H groups in total. The third-order valence-electron chi connectivity index (χ3n) is 5.18. The third-order valence-corrected chi connectivity index (χ3v) is 5.18. The van der Waals surface area contributed by atoms with Crippen molar-refractivity contribution in [1.82, 2.24) is 28.7 Å². The monoisotopic (exact) mass is 364 g/mol. The van der Waals surface area contributed by atoms with E-state index in [0.717, 1.165) is 45.0 Å². The van der Waals surface area contributed by atoms with Crippen LogP contribution in [0.4, 0.5) is 0 Å². The van der Waals surface area contributed by atoms with Crippen molar-refractivity contribution in [2.75, 3.05) is 0 Å². The predicted octanol–water partition coefficient (Wildman–Crippen LogP) is 4.25. The largest absolute Gasteiger partial charge is 0.313 e. The van der Waals surface area contributed by atoms with Crippen molar-refractivity contribution in [3.8, 4) is 11.9 Å². The summed E-state index contributed by atoms with van der Waals surface area (Å²) in [6.45, 7) is 0. The van der Waals surface area contributed by atoms with Gasteiger partial charge in [-0.3, -0.25) is 4.57 Å². The molecule has 0 unspecified atom stereocenters. The lowest BCUT2D eigenvalue weighted by atomic mass is 10.3. The zero-order valence-corrected chi connectivity index (χ0v) is 15.2. The molecule has 0 saturated carbocycles. The number of imidazole rings is 3. The van der Waals surface area contributed by atoms with Crippen LogP contribution < -0.4 is 0 Å². The minimum Gasteiger partial charge on any atom is -0.313 e. The van der Waals surface area contributed by atoms with Crippen LogP contribution in [0.15, 0.2) is 79.1 Å². The van der Waals surface area contributed by atoms with Gasteiger partial charge in [0.15, 0.2) is 0 Å². The van der Waals surface area contributed by atoms with Gasteiger partial charge >= 0.3 is 0 Å². The predicted molar refractivity (Wildman–Crippen MR) is 110 cm³/mol. The molecule has 6 nitrogen and oxygen atoms in total. The van der Waals surface area contributed by atoms with Crippen molar-refractivity contribution < 1.29 is 0 Å². The van der Waals surface area contributed by atoms with E-state index in [0.29, 0.717) is 0 Å². The standard InChI is InChI=1S/C22H16N6/c1-26-18-11-5-3-9-16(18)24-21(26)28-20-13-7-4-10-17(20)25-22(28)27-14-23-15-8-2-6-12-19(15)27/h2-14H,1H3. The van der Waals surface area contributed by atoms with Gasteiger partial charge in [-0.05, 0) is 36.4 Å². The van der Waals surface area contributed by atoms with Gasteiger partial charge in [0, 0.05) is 7.05 Å². The van der Waals surface area contributed by atoms with Gasteiger partial charge in [-0.1, -0.05) is 36.4 Å². The van der Waals surface area contributed by atoms with Crippen LogP contribution in [-0.2, 0) is 7.05 Å². The van der Waals surface area contributed by atoms with Crippen molar-refractivity contribution in [1.29, 1.82) is 0 Å². The SMILES string of the molecule is Cn1c(-n2c(-n3cnc4ccccc43)nc3ccccc32)nc2ccccc21. The number of aromatic nitrogens is 6. The van der Waals surface area contributed by atoms with Gasteiger partial charge < -0.3 is 4.57 Å². The van der Waals surface area contributed by atoms with E-state index in [1.165, 1.54) is 0 Å². The van der Waals surface area contributed by atoms with Crippen LogP contribution in [0.5, 0.6) is 0 Å².